The molecule has 5 rings (SSSR count). The molecule has 232 valence electrons. The van der Waals surface area contributed by atoms with E-state index in [0.717, 1.165) is 0 Å². The van der Waals surface area contributed by atoms with E-state index < -0.39 is 76.9 Å². The molecule has 4 nitrogen and oxygen atoms in total. The van der Waals surface area contributed by atoms with Gasteiger partial charge in [0.1, 0.15) is 35.6 Å². The van der Waals surface area contributed by atoms with Gasteiger partial charge in [-0.05, 0) is 43.2 Å². The molecule has 0 aromatic heterocycles. The van der Waals surface area contributed by atoms with Crippen molar-refractivity contribution in [2.24, 2.45) is 11.8 Å². The van der Waals surface area contributed by atoms with E-state index in [-0.39, 0.29) is 37.5 Å². The monoisotopic (exact) mass is 616 g/mol. The van der Waals surface area contributed by atoms with Crippen molar-refractivity contribution in [2.45, 2.75) is 57.5 Å². The van der Waals surface area contributed by atoms with Crippen LogP contribution in [0.2, 0.25) is 0 Å². The fourth-order valence-electron chi connectivity index (χ4n) is 5.34. The molecular weight excluding hydrogens is 588 g/mol. The summed E-state index contributed by atoms with van der Waals surface area (Å²) in [7, 11) is 0. The summed E-state index contributed by atoms with van der Waals surface area (Å²) in [6, 6.07) is 6.74. The van der Waals surface area contributed by atoms with Gasteiger partial charge >= 0.3 is 6.11 Å². The third-order valence-electron chi connectivity index (χ3n) is 7.71. The molecule has 1 saturated heterocycles. The molecular formula is C31H28F8O4. The smallest absolute Gasteiger partial charge is 0.400 e. The van der Waals surface area contributed by atoms with Crippen molar-refractivity contribution in [3.05, 3.63) is 94.1 Å². The second-order valence-corrected chi connectivity index (χ2v) is 11.0. The van der Waals surface area contributed by atoms with Crippen molar-refractivity contribution in [1.29, 1.82) is 0 Å². The molecule has 0 radical (unpaired) electrons. The predicted octanol–water partition coefficient (Wildman–Crippen LogP) is 8.73. The standard InChI is InChI=1S/C31H28F8O4/c1-16-13-41-30(42-14-16)18-4-7-22(24(32)8-18)17-2-5-19(6-3-17)31(38,39)43-21-11-25(33)23(26(34)12-21)15-40-20-9-27(35)29(37)28(36)10-20/h4,7-12,16-17,19,30H,2-3,5-6,13-15H2,1H3. The molecule has 12 heteroatoms. The minimum absolute atomic E-state index is 0.0206. The maximum absolute atomic E-state index is 15.0. The van der Waals surface area contributed by atoms with Crippen LogP contribution in [-0.2, 0) is 16.1 Å². The van der Waals surface area contributed by atoms with Gasteiger partial charge in [0.25, 0.3) is 0 Å². The number of hydrogen-bond acceptors (Lipinski definition) is 4. The maximum atomic E-state index is 15.0. The molecule has 1 aliphatic heterocycles. The Labute approximate surface area is 242 Å². The van der Waals surface area contributed by atoms with Crippen molar-refractivity contribution in [1.82, 2.24) is 0 Å². The zero-order valence-corrected chi connectivity index (χ0v) is 23.0. The van der Waals surface area contributed by atoms with E-state index in [1.165, 1.54) is 6.07 Å². The van der Waals surface area contributed by atoms with Gasteiger partial charge in [0, 0.05) is 35.7 Å². The van der Waals surface area contributed by atoms with E-state index in [1.807, 2.05) is 6.92 Å². The maximum Gasteiger partial charge on any atom is 0.400 e. The average molecular weight is 617 g/mol. The summed E-state index contributed by atoms with van der Waals surface area (Å²) in [5, 5.41) is 0. The first-order valence-corrected chi connectivity index (χ1v) is 13.8. The van der Waals surface area contributed by atoms with E-state index in [4.69, 9.17) is 18.9 Å². The van der Waals surface area contributed by atoms with Gasteiger partial charge in [-0.15, -0.1) is 0 Å². The van der Waals surface area contributed by atoms with Crippen molar-refractivity contribution in [3.8, 4) is 11.5 Å². The van der Waals surface area contributed by atoms with Crippen LogP contribution < -0.4 is 9.47 Å². The van der Waals surface area contributed by atoms with Crippen LogP contribution in [0.15, 0.2) is 42.5 Å². The van der Waals surface area contributed by atoms with Gasteiger partial charge in [0.2, 0.25) is 0 Å². The number of benzene rings is 3. The second kappa shape index (κ2) is 12.7. The van der Waals surface area contributed by atoms with Crippen molar-refractivity contribution in [2.75, 3.05) is 13.2 Å². The van der Waals surface area contributed by atoms with Gasteiger partial charge in [-0.3, -0.25) is 0 Å². The Morgan fingerprint density at radius 3 is 1.91 bits per heavy atom. The molecule has 3 aromatic rings. The van der Waals surface area contributed by atoms with E-state index in [0.29, 0.717) is 48.6 Å². The quantitative estimate of drug-likeness (QED) is 0.187. The first kappa shape index (κ1) is 31.1. The summed E-state index contributed by atoms with van der Waals surface area (Å²) < 4.78 is 135. The Morgan fingerprint density at radius 1 is 0.744 bits per heavy atom. The molecule has 0 N–H and O–H groups in total. The Balaban J connectivity index is 1.18. The van der Waals surface area contributed by atoms with Gasteiger partial charge in [0.05, 0.1) is 24.7 Å². The molecule has 0 unspecified atom stereocenters. The molecule has 3 aromatic carbocycles. The van der Waals surface area contributed by atoms with Crippen molar-refractivity contribution >= 4 is 0 Å². The normalized spacial score (nSPS) is 22.8. The van der Waals surface area contributed by atoms with Crippen LogP contribution in [0.25, 0.3) is 0 Å². The zero-order valence-electron chi connectivity index (χ0n) is 23.0. The SMILES string of the molecule is CC1COC(c2ccc(C3CCC(C(F)(F)Oc4cc(F)c(COc5cc(F)c(F)c(F)c5)c(F)c4)CC3)c(F)c2)OC1. The molecule has 0 amide bonds. The molecule has 43 heavy (non-hydrogen) atoms. The Morgan fingerprint density at radius 2 is 1.33 bits per heavy atom. The zero-order chi connectivity index (χ0) is 30.9. The highest BCUT2D eigenvalue weighted by atomic mass is 19.3. The minimum atomic E-state index is -3.78. The molecule has 1 aliphatic carbocycles. The first-order chi connectivity index (χ1) is 20.4. The Hall–Kier alpha value is -3.38. The highest BCUT2D eigenvalue weighted by Crippen LogP contribution is 2.44. The van der Waals surface area contributed by atoms with Gasteiger partial charge in [-0.1, -0.05) is 19.1 Å². The van der Waals surface area contributed by atoms with Gasteiger partial charge in [0.15, 0.2) is 23.7 Å². The molecule has 1 saturated carbocycles. The lowest BCUT2D eigenvalue weighted by molar-refractivity contribution is -0.222. The lowest BCUT2D eigenvalue weighted by Crippen LogP contribution is -2.37. The van der Waals surface area contributed by atoms with E-state index in [2.05, 4.69) is 0 Å². The van der Waals surface area contributed by atoms with Gasteiger partial charge < -0.3 is 18.9 Å². The lowest BCUT2D eigenvalue weighted by atomic mass is 9.78. The van der Waals surface area contributed by atoms with Crippen LogP contribution in [-0.4, -0.2) is 19.3 Å². The fraction of sp³-hybridized carbons (Fsp3) is 0.419. The van der Waals surface area contributed by atoms with Crippen LogP contribution in [0.5, 0.6) is 11.5 Å². The number of rotatable bonds is 8. The number of halogens is 8. The molecule has 2 aliphatic rings. The van der Waals surface area contributed by atoms with Crippen LogP contribution in [0, 0.1) is 46.7 Å². The topological polar surface area (TPSA) is 36.9 Å². The summed E-state index contributed by atoms with van der Waals surface area (Å²) >= 11 is 0. The summed E-state index contributed by atoms with van der Waals surface area (Å²) in [4.78, 5) is 0. The number of hydrogen-bond donors (Lipinski definition) is 0. The Kier molecular flexibility index (Phi) is 9.17. The van der Waals surface area contributed by atoms with Gasteiger partial charge in [-0.25, -0.2) is 26.3 Å². The fourth-order valence-corrected chi connectivity index (χ4v) is 5.34. The minimum Gasteiger partial charge on any atom is -0.488 e. The second-order valence-electron chi connectivity index (χ2n) is 11.0. The average Bonchev–Trinajstić information content (AvgIpc) is 2.95. The van der Waals surface area contributed by atoms with Crippen molar-refractivity contribution < 1.29 is 54.1 Å². The first-order valence-electron chi connectivity index (χ1n) is 13.8. The van der Waals surface area contributed by atoms with Crippen LogP contribution in [0.4, 0.5) is 35.1 Å². The Bertz CT molecular complexity index is 1400. The third-order valence-corrected chi connectivity index (χ3v) is 7.71. The van der Waals surface area contributed by atoms with Crippen LogP contribution in [0.3, 0.4) is 0 Å². The van der Waals surface area contributed by atoms with Gasteiger partial charge in [-0.2, -0.15) is 8.78 Å². The number of alkyl halides is 2. The molecule has 0 bridgehead atoms. The van der Waals surface area contributed by atoms with E-state index >= 15 is 8.78 Å². The molecule has 0 spiro atoms. The van der Waals surface area contributed by atoms with E-state index in [9.17, 15) is 26.3 Å². The highest BCUT2D eigenvalue weighted by molar-refractivity contribution is 5.32. The lowest BCUT2D eigenvalue weighted by Gasteiger charge is -2.34. The third kappa shape index (κ3) is 7.06. The largest absolute Gasteiger partial charge is 0.488 e. The molecule has 0 atom stereocenters. The summed E-state index contributed by atoms with van der Waals surface area (Å²) in [5.41, 5.74) is 0.228. The highest BCUT2D eigenvalue weighted by Gasteiger charge is 2.44. The van der Waals surface area contributed by atoms with Crippen LogP contribution in [0.1, 0.15) is 61.5 Å². The predicted molar refractivity (Wildman–Crippen MR) is 137 cm³/mol. The summed E-state index contributed by atoms with van der Waals surface area (Å²) in [5.74, 6) is -10.6. The molecule has 1 heterocycles. The van der Waals surface area contributed by atoms with Crippen LogP contribution >= 0.6 is 0 Å². The number of ether oxygens (including phenoxy) is 4. The van der Waals surface area contributed by atoms with Crippen molar-refractivity contribution in [3.63, 3.8) is 0 Å². The van der Waals surface area contributed by atoms with E-state index in [1.54, 1.807) is 12.1 Å². The molecule has 2 fully saturated rings. The summed E-state index contributed by atoms with van der Waals surface area (Å²) in [6.07, 6.45) is -3.98. The summed E-state index contributed by atoms with van der Waals surface area (Å²) in [6.45, 7) is 2.10.